The third-order valence-corrected chi connectivity index (χ3v) is 2.94. The first kappa shape index (κ1) is 14.6. The number of benzene rings is 1. The molecule has 0 spiro atoms. The van der Waals surface area contributed by atoms with Gasteiger partial charge < -0.3 is 11.1 Å². The quantitative estimate of drug-likeness (QED) is 0.588. The van der Waals surface area contributed by atoms with Crippen LogP contribution in [0.25, 0.3) is 0 Å². The predicted octanol–water partition coefficient (Wildman–Crippen LogP) is 2.52. The van der Waals surface area contributed by atoms with Gasteiger partial charge in [-0.15, -0.1) is 0 Å². The molecule has 0 saturated heterocycles. The summed E-state index contributed by atoms with van der Waals surface area (Å²) in [6.07, 6.45) is 3.78. The first-order chi connectivity index (χ1) is 8.63. The van der Waals surface area contributed by atoms with Crippen molar-refractivity contribution in [2.24, 2.45) is 5.73 Å². The monoisotopic (exact) mass is 264 g/mol. The second-order valence-electron chi connectivity index (χ2n) is 4.30. The van der Waals surface area contributed by atoms with E-state index in [0.29, 0.717) is 18.0 Å². The Morgan fingerprint density at radius 1 is 1.39 bits per heavy atom. The molecular formula is C14H20N2OS. The smallest absolute Gasteiger partial charge is 0.220 e. The van der Waals surface area contributed by atoms with Gasteiger partial charge in [0.05, 0.1) is 0 Å². The number of rotatable bonds is 7. The zero-order valence-electron chi connectivity index (χ0n) is 10.7. The standard InChI is InChI=1S/C14H20N2OS/c1-2-3-4-8-13(17)16-10-11-6-5-7-12(9-11)14(15)18/h5-7,9H,2-4,8,10H2,1H3,(H2,15,18)(H,16,17). The van der Waals surface area contributed by atoms with E-state index in [2.05, 4.69) is 12.2 Å². The second-order valence-corrected chi connectivity index (χ2v) is 4.74. The largest absolute Gasteiger partial charge is 0.389 e. The molecule has 1 aromatic carbocycles. The van der Waals surface area contributed by atoms with Crippen molar-refractivity contribution in [3.05, 3.63) is 35.4 Å². The summed E-state index contributed by atoms with van der Waals surface area (Å²) >= 11 is 4.92. The molecule has 1 rings (SSSR count). The molecule has 3 N–H and O–H groups in total. The van der Waals surface area contributed by atoms with Crippen molar-refractivity contribution >= 4 is 23.1 Å². The molecule has 0 saturated carbocycles. The van der Waals surface area contributed by atoms with E-state index in [-0.39, 0.29) is 5.91 Å². The lowest BCUT2D eigenvalue weighted by Crippen LogP contribution is -2.22. The van der Waals surface area contributed by atoms with Crippen molar-refractivity contribution in [1.29, 1.82) is 0 Å². The van der Waals surface area contributed by atoms with Crippen molar-refractivity contribution in [3.8, 4) is 0 Å². The molecule has 1 aromatic rings. The highest BCUT2D eigenvalue weighted by Crippen LogP contribution is 2.05. The number of hydrogen-bond donors (Lipinski definition) is 2. The van der Waals surface area contributed by atoms with Crippen LogP contribution in [-0.2, 0) is 11.3 Å². The maximum absolute atomic E-state index is 11.5. The fourth-order valence-electron chi connectivity index (χ4n) is 1.66. The van der Waals surface area contributed by atoms with E-state index in [0.717, 1.165) is 30.4 Å². The summed E-state index contributed by atoms with van der Waals surface area (Å²) < 4.78 is 0. The minimum absolute atomic E-state index is 0.101. The minimum atomic E-state index is 0.101. The van der Waals surface area contributed by atoms with Crippen molar-refractivity contribution in [2.75, 3.05) is 0 Å². The lowest BCUT2D eigenvalue weighted by atomic mass is 10.1. The molecule has 4 heteroatoms. The van der Waals surface area contributed by atoms with E-state index in [9.17, 15) is 4.79 Å². The molecular weight excluding hydrogens is 244 g/mol. The normalized spacial score (nSPS) is 10.1. The SMILES string of the molecule is CCCCCC(=O)NCc1cccc(C(N)=S)c1. The Hall–Kier alpha value is -1.42. The van der Waals surface area contributed by atoms with E-state index in [1.807, 2.05) is 24.3 Å². The van der Waals surface area contributed by atoms with E-state index in [1.165, 1.54) is 0 Å². The van der Waals surface area contributed by atoms with Gasteiger partial charge in [-0.1, -0.05) is 50.2 Å². The highest BCUT2D eigenvalue weighted by Gasteiger charge is 2.02. The molecule has 0 atom stereocenters. The van der Waals surface area contributed by atoms with Gasteiger partial charge >= 0.3 is 0 Å². The number of thiocarbonyl (C=S) groups is 1. The molecule has 3 nitrogen and oxygen atoms in total. The predicted molar refractivity (Wildman–Crippen MR) is 78.3 cm³/mol. The third kappa shape index (κ3) is 5.27. The van der Waals surface area contributed by atoms with Crippen molar-refractivity contribution in [3.63, 3.8) is 0 Å². The van der Waals surface area contributed by atoms with Gasteiger partial charge in [-0.25, -0.2) is 0 Å². The zero-order valence-corrected chi connectivity index (χ0v) is 11.6. The first-order valence-electron chi connectivity index (χ1n) is 6.29. The van der Waals surface area contributed by atoms with Crippen LogP contribution in [0.4, 0.5) is 0 Å². The number of carbonyl (C=O) groups excluding carboxylic acids is 1. The maximum Gasteiger partial charge on any atom is 0.220 e. The Balaban J connectivity index is 2.41. The molecule has 98 valence electrons. The van der Waals surface area contributed by atoms with Crippen LogP contribution < -0.4 is 11.1 Å². The molecule has 1 amide bonds. The van der Waals surface area contributed by atoms with Gasteiger partial charge in [-0.3, -0.25) is 4.79 Å². The van der Waals surface area contributed by atoms with Crippen LogP contribution in [0.3, 0.4) is 0 Å². The number of unbranched alkanes of at least 4 members (excludes halogenated alkanes) is 2. The van der Waals surface area contributed by atoms with E-state index in [4.69, 9.17) is 18.0 Å². The van der Waals surface area contributed by atoms with E-state index < -0.39 is 0 Å². The Labute approximate surface area is 114 Å². The van der Waals surface area contributed by atoms with Gasteiger partial charge in [0.15, 0.2) is 0 Å². The fraction of sp³-hybridized carbons (Fsp3) is 0.429. The minimum Gasteiger partial charge on any atom is -0.389 e. The van der Waals surface area contributed by atoms with Crippen molar-refractivity contribution in [2.45, 2.75) is 39.2 Å². The van der Waals surface area contributed by atoms with Gasteiger partial charge in [0.25, 0.3) is 0 Å². The Morgan fingerprint density at radius 2 is 2.17 bits per heavy atom. The molecule has 0 aliphatic heterocycles. The van der Waals surface area contributed by atoms with Crippen LogP contribution >= 0.6 is 12.2 Å². The molecule has 18 heavy (non-hydrogen) atoms. The van der Waals surface area contributed by atoms with Crippen molar-refractivity contribution in [1.82, 2.24) is 5.32 Å². The molecule has 0 unspecified atom stereocenters. The highest BCUT2D eigenvalue weighted by atomic mass is 32.1. The second kappa shape index (κ2) is 7.82. The highest BCUT2D eigenvalue weighted by molar-refractivity contribution is 7.80. The zero-order chi connectivity index (χ0) is 13.4. The molecule has 0 fully saturated rings. The van der Waals surface area contributed by atoms with Crippen LogP contribution in [0, 0.1) is 0 Å². The summed E-state index contributed by atoms with van der Waals surface area (Å²) in [6.45, 7) is 2.65. The fourth-order valence-corrected chi connectivity index (χ4v) is 1.79. The van der Waals surface area contributed by atoms with Gasteiger partial charge in [-0.05, 0) is 18.1 Å². The number of amides is 1. The van der Waals surface area contributed by atoms with Crippen LogP contribution in [0.2, 0.25) is 0 Å². The molecule has 0 aliphatic rings. The summed E-state index contributed by atoms with van der Waals surface area (Å²) in [7, 11) is 0. The van der Waals surface area contributed by atoms with Crippen LogP contribution in [0.1, 0.15) is 43.7 Å². The summed E-state index contributed by atoms with van der Waals surface area (Å²) in [6, 6.07) is 7.63. The van der Waals surface area contributed by atoms with Crippen LogP contribution in [0.5, 0.6) is 0 Å². The Kier molecular flexibility index (Phi) is 6.36. The molecule has 0 aromatic heterocycles. The molecule has 0 bridgehead atoms. The lowest BCUT2D eigenvalue weighted by Gasteiger charge is -2.06. The topological polar surface area (TPSA) is 55.1 Å². The summed E-state index contributed by atoms with van der Waals surface area (Å²) in [5.41, 5.74) is 7.42. The average molecular weight is 264 g/mol. The molecule has 0 radical (unpaired) electrons. The first-order valence-corrected chi connectivity index (χ1v) is 6.69. The molecule has 0 aliphatic carbocycles. The van der Waals surface area contributed by atoms with Crippen LogP contribution in [-0.4, -0.2) is 10.9 Å². The van der Waals surface area contributed by atoms with Crippen LogP contribution in [0.15, 0.2) is 24.3 Å². The van der Waals surface area contributed by atoms with Gasteiger partial charge in [0.2, 0.25) is 5.91 Å². The number of nitrogens with two attached hydrogens (primary N) is 1. The Bertz CT molecular complexity index is 418. The third-order valence-electron chi connectivity index (χ3n) is 2.71. The number of nitrogens with one attached hydrogen (secondary N) is 1. The maximum atomic E-state index is 11.5. The van der Waals surface area contributed by atoms with Gasteiger partial charge in [0, 0.05) is 18.5 Å². The average Bonchev–Trinajstić information content (AvgIpc) is 2.37. The Morgan fingerprint density at radius 3 is 2.83 bits per heavy atom. The number of hydrogen-bond acceptors (Lipinski definition) is 2. The summed E-state index contributed by atoms with van der Waals surface area (Å²) in [5, 5.41) is 2.90. The van der Waals surface area contributed by atoms with E-state index >= 15 is 0 Å². The van der Waals surface area contributed by atoms with Gasteiger partial charge in [-0.2, -0.15) is 0 Å². The summed E-state index contributed by atoms with van der Waals surface area (Å²) in [5.74, 6) is 0.101. The van der Waals surface area contributed by atoms with Gasteiger partial charge in [0.1, 0.15) is 4.99 Å². The van der Waals surface area contributed by atoms with Crippen molar-refractivity contribution < 1.29 is 4.79 Å². The summed E-state index contributed by atoms with van der Waals surface area (Å²) in [4.78, 5) is 11.9. The lowest BCUT2D eigenvalue weighted by molar-refractivity contribution is -0.121. The number of carbonyl (C=O) groups is 1. The molecule has 0 heterocycles. The van der Waals surface area contributed by atoms with E-state index in [1.54, 1.807) is 0 Å².